The first kappa shape index (κ1) is 31.2. The highest BCUT2D eigenvalue weighted by molar-refractivity contribution is 6.14. The molecule has 7 rings (SSSR count). The molecule has 0 radical (unpaired) electrons. The van der Waals surface area contributed by atoms with Crippen LogP contribution in [-0.2, 0) is 31.0 Å². The van der Waals surface area contributed by atoms with E-state index in [9.17, 15) is 22.8 Å². The molecule has 2 aliphatic rings. The molecule has 0 unspecified atom stereocenters. The van der Waals surface area contributed by atoms with Gasteiger partial charge in [0.25, 0.3) is 5.91 Å². The van der Waals surface area contributed by atoms with Gasteiger partial charge < -0.3 is 24.0 Å². The fourth-order valence-corrected chi connectivity index (χ4v) is 6.65. The lowest BCUT2D eigenvalue weighted by Gasteiger charge is -2.35. The lowest BCUT2D eigenvalue weighted by Crippen LogP contribution is -2.48. The van der Waals surface area contributed by atoms with Gasteiger partial charge in [-0.1, -0.05) is 0 Å². The Kier molecular flexibility index (Phi) is 7.60. The minimum absolute atomic E-state index is 0.0162. The molecule has 14 heteroatoms. The van der Waals surface area contributed by atoms with Crippen LogP contribution in [0.25, 0.3) is 22.0 Å². The second-order valence-corrected chi connectivity index (χ2v) is 12.2. The Balaban J connectivity index is 1.38. The van der Waals surface area contributed by atoms with Crippen LogP contribution in [0, 0.1) is 6.92 Å². The number of carbonyl (C=O) groups excluding carboxylic acids is 2. The minimum Gasteiger partial charge on any atom is -0.497 e. The molecule has 2 amide bonds. The number of methoxy groups -OCH3 is 1. The second kappa shape index (κ2) is 11.7. The van der Waals surface area contributed by atoms with E-state index in [4.69, 9.17) is 9.72 Å². The van der Waals surface area contributed by atoms with E-state index < -0.39 is 11.9 Å². The van der Waals surface area contributed by atoms with Crippen molar-refractivity contribution < 1.29 is 27.5 Å². The number of pyridine rings is 1. The van der Waals surface area contributed by atoms with Gasteiger partial charge in [0, 0.05) is 87.1 Å². The zero-order chi connectivity index (χ0) is 33.9. The fraction of sp³-hybridized carbons (Fsp3) is 0.324. The highest BCUT2D eigenvalue weighted by Crippen LogP contribution is 2.42. The summed E-state index contributed by atoms with van der Waals surface area (Å²) in [7, 11) is 4.78. The predicted molar refractivity (Wildman–Crippen MR) is 173 cm³/mol. The van der Waals surface area contributed by atoms with Crippen LogP contribution >= 0.6 is 0 Å². The topological polar surface area (TPSA) is 102 Å². The molecule has 2 aromatic carbocycles. The van der Waals surface area contributed by atoms with Gasteiger partial charge in [-0.05, 0) is 54.3 Å². The van der Waals surface area contributed by atoms with Gasteiger partial charge in [-0.2, -0.15) is 18.3 Å². The van der Waals surface area contributed by atoms with Crippen LogP contribution in [0.2, 0.25) is 0 Å². The predicted octanol–water partition coefficient (Wildman–Crippen LogP) is 4.70. The van der Waals surface area contributed by atoms with Gasteiger partial charge in [0.2, 0.25) is 5.91 Å². The number of anilines is 2. The first-order valence-corrected chi connectivity index (χ1v) is 15.4. The van der Waals surface area contributed by atoms with Crippen LogP contribution in [0.5, 0.6) is 5.75 Å². The monoisotopic (exact) mass is 658 g/mol. The number of hydrogen-bond donors (Lipinski definition) is 0. The summed E-state index contributed by atoms with van der Waals surface area (Å²) in [6, 6.07) is 8.99. The lowest BCUT2D eigenvalue weighted by molar-refractivity contribution is -0.141. The molecule has 0 saturated carbocycles. The lowest BCUT2D eigenvalue weighted by atomic mass is 9.87. The minimum atomic E-state index is -4.69. The molecule has 5 heterocycles. The number of halogens is 3. The van der Waals surface area contributed by atoms with Crippen LogP contribution in [0.15, 0.2) is 55.2 Å². The molecule has 1 saturated heterocycles. The van der Waals surface area contributed by atoms with E-state index >= 15 is 0 Å². The Morgan fingerprint density at radius 1 is 0.958 bits per heavy atom. The van der Waals surface area contributed by atoms with Crippen LogP contribution in [0.4, 0.5) is 24.5 Å². The van der Waals surface area contributed by atoms with Crippen molar-refractivity contribution in [2.24, 2.45) is 7.05 Å². The Morgan fingerprint density at radius 3 is 2.46 bits per heavy atom. The summed E-state index contributed by atoms with van der Waals surface area (Å²) in [6.45, 7) is 3.69. The maximum absolute atomic E-state index is 14.6. The number of aryl methyl sites for hydroxylation is 2. The van der Waals surface area contributed by atoms with E-state index in [0.717, 1.165) is 10.4 Å². The number of nitrogens with zero attached hydrogens (tertiary/aromatic N) is 8. The van der Waals surface area contributed by atoms with Crippen LogP contribution in [0.3, 0.4) is 0 Å². The summed E-state index contributed by atoms with van der Waals surface area (Å²) in [6.07, 6.45) is 1.96. The van der Waals surface area contributed by atoms with Crippen molar-refractivity contribution in [3.05, 3.63) is 83.3 Å². The van der Waals surface area contributed by atoms with Gasteiger partial charge >= 0.3 is 6.18 Å². The van der Waals surface area contributed by atoms with Crippen molar-refractivity contribution in [2.75, 3.05) is 50.1 Å². The number of imidazole rings is 1. The molecule has 48 heavy (non-hydrogen) atoms. The third kappa shape index (κ3) is 5.50. The van der Waals surface area contributed by atoms with E-state index in [0.29, 0.717) is 76.3 Å². The van der Waals surface area contributed by atoms with E-state index in [-0.39, 0.29) is 30.5 Å². The number of carbonyl (C=O) groups is 2. The highest BCUT2D eigenvalue weighted by Gasteiger charge is 2.39. The van der Waals surface area contributed by atoms with Crippen molar-refractivity contribution in [2.45, 2.75) is 26.1 Å². The van der Waals surface area contributed by atoms with Gasteiger partial charge in [-0.3, -0.25) is 19.3 Å². The Bertz CT molecular complexity index is 2070. The molecule has 5 aromatic rings. The number of likely N-dealkylation sites (N-methyl/N-ethyl adjacent to an activating group) is 1. The van der Waals surface area contributed by atoms with Crippen molar-refractivity contribution >= 4 is 34.1 Å². The molecular formula is C34H33F3N8O3. The van der Waals surface area contributed by atoms with E-state index in [1.807, 2.05) is 30.0 Å². The second-order valence-electron chi connectivity index (χ2n) is 12.2. The number of fused-ring (bicyclic) bond motifs is 2. The molecule has 248 valence electrons. The summed E-state index contributed by atoms with van der Waals surface area (Å²) >= 11 is 0. The van der Waals surface area contributed by atoms with Gasteiger partial charge in [0.1, 0.15) is 5.75 Å². The number of piperazine rings is 1. The third-order valence-electron chi connectivity index (χ3n) is 8.98. The number of ether oxygens (including phenoxy) is 1. The Labute approximate surface area is 274 Å². The summed E-state index contributed by atoms with van der Waals surface area (Å²) in [5, 5.41) is 4.41. The van der Waals surface area contributed by atoms with Gasteiger partial charge in [0.05, 0.1) is 36.9 Å². The first-order valence-electron chi connectivity index (χ1n) is 15.4. The fourth-order valence-electron chi connectivity index (χ4n) is 6.65. The van der Waals surface area contributed by atoms with E-state index in [1.165, 1.54) is 13.2 Å². The Hall–Kier alpha value is -5.40. The zero-order valence-electron chi connectivity index (χ0n) is 26.9. The number of benzene rings is 2. The highest BCUT2D eigenvalue weighted by atomic mass is 19.4. The average molecular weight is 659 g/mol. The molecule has 0 N–H and O–H groups in total. The molecule has 11 nitrogen and oxygen atoms in total. The smallest absolute Gasteiger partial charge is 0.435 e. The maximum atomic E-state index is 14.6. The van der Waals surface area contributed by atoms with Crippen LogP contribution < -0.4 is 14.5 Å². The van der Waals surface area contributed by atoms with Crippen LogP contribution in [-0.4, -0.2) is 81.4 Å². The number of aromatic nitrogens is 5. The Morgan fingerprint density at radius 2 is 1.75 bits per heavy atom. The number of amides is 2. The first-order chi connectivity index (χ1) is 22.9. The van der Waals surface area contributed by atoms with Gasteiger partial charge in [-0.15, -0.1) is 0 Å². The summed E-state index contributed by atoms with van der Waals surface area (Å²) in [5.74, 6) is 0.188. The van der Waals surface area contributed by atoms with Crippen molar-refractivity contribution in [1.29, 1.82) is 0 Å². The van der Waals surface area contributed by atoms with E-state index in [2.05, 4.69) is 10.1 Å². The number of hydrogen-bond acceptors (Lipinski definition) is 7. The van der Waals surface area contributed by atoms with Crippen molar-refractivity contribution in [1.82, 2.24) is 29.2 Å². The standard InChI is InChI=1S/C34H33F3N8O3/c1-20-11-28(26-14-22(48-4)15-29(31(26)39-20)44-10-9-41(2)30(46)18-44)45-7-5-23-24(27-17-42(3)40-32(27)34(35,36)37)12-21(13-25(23)33(45)47)16-43-8-6-38-19-43/h6,8,11-15,17,19H,5,7,9-10,16,18H2,1-4H3. The SMILES string of the molecule is COc1cc(N2CCN(C)C(=O)C2)c2nc(C)cc(N3CCc4c(cc(Cn5ccnc5)cc4-c4cn(C)nc4C(F)(F)F)C3=O)c2c1. The summed E-state index contributed by atoms with van der Waals surface area (Å²) in [5.41, 5.74) is 3.38. The number of alkyl halides is 3. The van der Waals surface area contributed by atoms with Crippen molar-refractivity contribution in [3.63, 3.8) is 0 Å². The molecule has 3 aromatic heterocycles. The summed E-state index contributed by atoms with van der Waals surface area (Å²) in [4.78, 5) is 41.5. The molecule has 0 aliphatic carbocycles. The van der Waals surface area contributed by atoms with Crippen molar-refractivity contribution in [3.8, 4) is 16.9 Å². The molecule has 0 atom stereocenters. The molecular weight excluding hydrogens is 625 g/mol. The maximum Gasteiger partial charge on any atom is 0.435 e. The molecule has 2 aliphatic heterocycles. The zero-order valence-corrected chi connectivity index (χ0v) is 26.9. The normalized spacial score (nSPS) is 15.4. The number of rotatable bonds is 6. The van der Waals surface area contributed by atoms with Gasteiger partial charge in [-0.25, -0.2) is 4.98 Å². The average Bonchev–Trinajstić information content (AvgIpc) is 3.71. The quantitative estimate of drug-likeness (QED) is 0.261. The van der Waals surface area contributed by atoms with Gasteiger partial charge in [0.15, 0.2) is 5.69 Å². The van der Waals surface area contributed by atoms with E-state index in [1.54, 1.807) is 59.4 Å². The summed E-state index contributed by atoms with van der Waals surface area (Å²) < 4.78 is 51.2. The molecule has 1 fully saturated rings. The third-order valence-corrected chi connectivity index (χ3v) is 8.98. The molecule has 0 bridgehead atoms. The van der Waals surface area contributed by atoms with Crippen LogP contribution in [0.1, 0.15) is 32.9 Å². The molecule has 0 spiro atoms. The largest absolute Gasteiger partial charge is 0.497 e.